The monoisotopic (exact) mass is 528 g/mol. The molecule has 0 spiro atoms. The summed E-state index contributed by atoms with van der Waals surface area (Å²) in [6.07, 6.45) is 4.08. The van der Waals surface area contributed by atoms with Gasteiger partial charge in [-0.1, -0.05) is 59.8 Å². The van der Waals surface area contributed by atoms with Gasteiger partial charge in [-0.25, -0.2) is 4.98 Å². The lowest BCUT2D eigenvalue weighted by molar-refractivity contribution is -0.122. The van der Waals surface area contributed by atoms with E-state index in [-0.39, 0.29) is 18.0 Å². The lowest BCUT2D eigenvalue weighted by atomic mass is 10.2. The fraction of sp³-hybridized carbons (Fsp3) is 0.280. The van der Waals surface area contributed by atoms with E-state index in [9.17, 15) is 9.59 Å². The van der Waals surface area contributed by atoms with Crippen LogP contribution in [0.3, 0.4) is 0 Å². The molecule has 0 atom stereocenters. The third-order valence-corrected chi connectivity index (χ3v) is 7.15. The summed E-state index contributed by atoms with van der Waals surface area (Å²) in [6.45, 7) is 5.94. The van der Waals surface area contributed by atoms with E-state index >= 15 is 0 Å². The summed E-state index contributed by atoms with van der Waals surface area (Å²) in [5.41, 5.74) is 2.29. The van der Waals surface area contributed by atoms with E-state index < -0.39 is 0 Å². The fourth-order valence-electron chi connectivity index (χ4n) is 3.61. The number of rotatable bonds is 9. The minimum Gasteiger partial charge on any atom is -0.382 e. The van der Waals surface area contributed by atoms with Crippen LogP contribution in [0.4, 0.5) is 5.82 Å². The van der Waals surface area contributed by atoms with E-state index in [1.165, 1.54) is 9.30 Å². The van der Waals surface area contributed by atoms with Crippen molar-refractivity contribution in [1.29, 1.82) is 0 Å². The van der Waals surface area contributed by atoms with Crippen molar-refractivity contribution in [3.05, 3.63) is 79.6 Å². The number of nitrogens with one attached hydrogen (secondary N) is 1. The number of hydrogen-bond acceptors (Lipinski definition) is 7. The van der Waals surface area contributed by atoms with Gasteiger partial charge in [0.1, 0.15) is 15.8 Å². The van der Waals surface area contributed by atoms with Gasteiger partial charge in [-0.05, 0) is 49.6 Å². The molecule has 3 aromatic rings. The maximum Gasteiger partial charge on any atom is 0.267 e. The quantitative estimate of drug-likeness (QED) is 0.240. The first-order valence-electron chi connectivity index (χ1n) is 11.2. The minimum absolute atomic E-state index is 0.262. The third kappa shape index (κ3) is 5.75. The summed E-state index contributed by atoms with van der Waals surface area (Å²) in [5, 5.41) is 3.81. The molecule has 0 bridgehead atoms. The van der Waals surface area contributed by atoms with Crippen LogP contribution in [0.1, 0.15) is 30.0 Å². The number of pyridine rings is 1. The van der Waals surface area contributed by atoms with Crippen LogP contribution in [0.25, 0.3) is 11.7 Å². The van der Waals surface area contributed by atoms with E-state index in [4.69, 9.17) is 28.6 Å². The van der Waals surface area contributed by atoms with Gasteiger partial charge in [0.2, 0.25) is 0 Å². The Morgan fingerprint density at radius 3 is 2.80 bits per heavy atom. The number of carbonyl (C=O) groups is 1. The van der Waals surface area contributed by atoms with Crippen molar-refractivity contribution in [2.45, 2.75) is 26.8 Å². The molecule has 1 amide bonds. The number of anilines is 1. The van der Waals surface area contributed by atoms with Crippen LogP contribution in [0.2, 0.25) is 5.02 Å². The molecule has 0 saturated carbocycles. The van der Waals surface area contributed by atoms with Gasteiger partial charge in [0.15, 0.2) is 0 Å². The number of amides is 1. The molecule has 1 fully saturated rings. The topological polar surface area (TPSA) is 75.9 Å². The van der Waals surface area contributed by atoms with Crippen LogP contribution >= 0.6 is 35.6 Å². The SMILES string of the molecule is CCOCCCNc1nc2ccc(C)cn2c(=O)c1C=C1SC(=S)N(Cc2ccccc2Cl)C1=O. The average molecular weight is 529 g/mol. The first-order valence-corrected chi connectivity index (χ1v) is 12.8. The van der Waals surface area contributed by atoms with Crippen LogP contribution in [0.5, 0.6) is 0 Å². The standard InChI is InChI=1S/C25H25ClN4O3S2/c1-3-33-12-6-11-27-22-18(23(31)29-14-16(2)9-10-21(29)28-22)13-20-24(32)30(25(34)35-20)15-17-7-4-5-8-19(17)26/h4-5,7-10,13-14,27H,3,6,11-12,15H2,1-2H3. The predicted molar refractivity (Wildman–Crippen MR) is 146 cm³/mol. The highest BCUT2D eigenvalue weighted by Gasteiger charge is 2.33. The molecule has 7 nitrogen and oxygen atoms in total. The van der Waals surface area contributed by atoms with Crippen molar-refractivity contribution >= 4 is 63.3 Å². The Labute approximate surface area is 218 Å². The highest BCUT2D eigenvalue weighted by molar-refractivity contribution is 8.26. The number of aryl methyl sites for hydroxylation is 1. The Balaban J connectivity index is 1.68. The summed E-state index contributed by atoms with van der Waals surface area (Å²) >= 11 is 12.9. The number of ether oxygens (including phenoxy) is 1. The number of thiocarbonyl (C=S) groups is 1. The molecule has 35 heavy (non-hydrogen) atoms. The summed E-state index contributed by atoms with van der Waals surface area (Å²) in [4.78, 5) is 33.2. The maximum absolute atomic E-state index is 13.5. The average Bonchev–Trinajstić information content (AvgIpc) is 3.10. The van der Waals surface area contributed by atoms with Gasteiger partial charge in [0, 0.05) is 31.0 Å². The van der Waals surface area contributed by atoms with Gasteiger partial charge in [0.05, 0.1) is 17.0 Å². The maximum atomic E-state index is 13.5. The number of thioether (sulfide) groups is 1. The Kier molecular flexibility index (Phi) is 8.22. The number of fused-ring (bicyclic) bond motifs is 1. The van der Waals surface area contributed by atoms with Crippen LogP contribution in [-0.4, -0.2) is 44.3 Å². The lowest BCUT2D eigenvalue weighted by Gasteiger charge is -2.15. The van der Waals surface area contributed by atoms with Crippen molar-refractivity contribution in [3.8, 4) is 0 Å². The van der Waals surface area contributed by atoms with Crippen molar-refractivity contribution in [2.24, 2.45) is 0 Å². The zero-order valence-electron chi connectivity index (χ0n) is 19.4. The minimum atomic E-state index is -0.268. The molecule has 1 aliphatic rings. The van der Waals surface area contributed by atoms with Gasteiger partial charge in [0.25, 0.3) is 11.5 Å². The Morgan fingerprint density at radius 2 is 2.03 bits per heavy atom. The molecule has 4 rings (SSSR count). The molecule has 1 N–H and O–H groups in total. The van der Waals surface area contributed by atoms with E-state index in [2.05, 4.69) is 10.3 Å². The van der Waals surface area contributed by atoms with Crippen molar-refractivity contribution in [1.82, 2.24) is 14.3 Å². The van der Waals surface area contributed by atoms with Crippen molar-refractivity contribution in [2.75, 3.05) is 25.1 Å². The molecule has 10 heteroatoms. The van der Waals surface area contributed by atoms with Gasteiger partial charge in [-0.3, -0.25) is 18.9 Å². The first kappa shape index (κ1) is 25.4. The number of aromatic nitrogens is 2. The molecule has 1 aromatic carbocycles. The zero-order chi connectivity index (χ0) is 24.9. The largest absolute Gasteiger partial charge is 0.382 e. The van der Waals surface area contributed by atoms with Crippen molar-refractivity contribution in [3.63, 3.8) is 0 Å². The number of benzene rings is 1. The van der Waals surface area contributed by atoms with E-state index in [1.54, 1.807) is 24.4 Å². The molecule has 2 aromatic heterocycles. The molecule has 1 saturated heterocycles. The van der Waals surface area contributed by atoms with Gasteiger partial charge in [-0.2, -0.15) is 0 Å². The van der Waals surface area contributed by atoms with Gasteiger partial charge >= 0.3 is 0 Å². The van der Waals surface area contributed by atoms with Crippen LogP contribution in [0, 0.1) is 6.92 Å². The number of nitrogens with zero attached hydrogens (tertiary/aromatic N) is 3. The van der Waals surface area contributed by atoms with Crippen LogP contribution in [0.15, 0.2) is 52.3 Å². The Hall–Kier alpha value is -2.72. The number of hydrogen-bond donors (Lipinski definition) is 1. The predicted octanol–water partition coefficient (Wildman–Crippen LogP) is 4.90. The van der Waals surface area contributed by atoms with Crippen LogP contribution < -0.4 is 10.9 Å². The summed E-state index contributed by atoms with van der Waals surface area (Å²) < 4.78 is 7.31. The normalized spacial score (nSPS) is 14.9. The van der Waals surface area contributed by atoms with E-state index in [1.807, 2.05) is 38.1 Å². The summed E-state index contributed by atoms with van der Waals surface area (Å²) in [6, 6.07) is 11.0. The Bertz CT molecular complexity index is 1370. The molecular formula is C25H25ClN4O3S2. The molecular weight excluding hydrogens is 504 g/mol. The molecule has 1 aliphatic heterocycles. The van der Waals surface area contributed by atoms with E-state index in [0.29, 0.717) is 51.0 Å². The molecule has 3 heterocycles. The van der Waals surface area contributed by atoms with Gasteiger partial charge < -0.3 is 10.1 Å². The zero-order valence-corrected chi connectivity index (χ0v) is 21.8. The Morgan fingerprint density at radius 1 is 1.23 bits per heavy atom. The van der Waals surface area contributed by atoms with Crippen LogP contribution in [-0.2, 0) is 16.1 Å². The highest BCUT2D eigenvalue weighted by atomic mass is 35.5. The molecule has 0 aliphatic carbocycles. The van der Waals surface area contributed by atoms with Gasteiger partial charge in [-0.15, -0.1) is 0 Å². The second-order valence-electron chi connectivity index (χ2n) is 7.95. The summed E-state index contributed by atoms with van der Waals surface area (Å²) in [7, 11) is 0. The molecule has 0 radical (unpaired) electrons. The second kappa shape index (κ2) is 11.3. The smallest absolute Gasteiger partial charge is 0.267 e. The highest BCUT2D eigenvalue weighted by Crippen LogP contribution is 2.34. The third-order valence-electron chi connectivity index (χ3n) is 5.40. The number of carbonyl (C=O) groups excluding carboxylic acids is 1. The lowest BCUT2D eigenvalue weighted by Crippen LogP contribution is -2.27. The van der Waals surface area contributed by atoms with E-state index in [0.717, 1.165) is 29.3 Å². The second-order valence-corrected chi connectivity index (χ2v) is 10.0. The fourth-order valence-corrected chi connectivity index (χ4v) is 5.05. The first-order chi connectivity index (χ1) is 16.9. The van der Waals surface area contributed by atoms with Crippen molar-refractivity contribution < 1.29 is 9.53 Å². The number of halogens is 1. The summed E-state index contributed by atoms with van der Waals surface area (Å²) in [5.74, 6) is 0.155. The molecule has 182 valence electrons. The molecule has 0 unspecified atom stereocenters.